The van der Waals surface area contributed by atoms with E-state index in [-0.39, 0.29) is 11.2 Å². The Kier molecular flexibility index (Phi) is 11.3. The molecule has 0 aromatic rings. The lowest BCUT2D eigenvalue weighted by molar-refractivity contribution is 0.185. The van der Waals surface area contributed by atoms with Crippen molar-refractivity contribution in [3.05, 3.63) is 0 Å². The second-order valence-corrected chi connectivity index (χ2v) is 9.67. The third-order valence-corrected chi connectivity index (χ3v) is 8.45. The molecule has 4 nitrogen and oxygen atoms in total. The van der Waals surface area contributed by atoms with Gasteiger partial charge in [-0.05, 0) is 12.1 Å². The van der Waals surface area contributed by atoms with Gasteiger partial charge in [0.25, 0.3) is 11.2 Å². The molecule has 0 saturated heterocycles. The molecule has 21 heavy (non-hydrogen) atoms. The van der Waals surface area contributed by atoms with Gasteiger partial charge in [0.15, 0.2) is 0 Å². The molecule has 0 N–H and O–H groups in total. The van der Waals surface area contributed by atoms with Gasteiger partial charge in [-0.15, -0.1) is 0 Å². The van der Waals surface area contributed by atoms with E-state index in [0.29, 0.717) is 12.1 Å². The molecule has 0 heterocycles. The topological polar surface area (TPSA) is 52.6 Å². The number of methoxy groups -OCH3 is 2. The molecular weight excluding hydrogens is 284 g/mol. The van der Waals surface area contributed by atoms with Crippen molar-refractivity contribution in [3.8, 4) is 0 Å². The zero-order valence-electron chi connectivity index (χ0n) is 14.2. The monoisotopic (exact) mass is 316 g/mol. The normalized spacial score (nSPS) is 11.2. The van der Waals surface area contributed by atoms with Crippen molar-refractivity contribution in [1.82, 2.24) is 0 Å². The Morgan fingerprint density at radius 2 is 1.10 bits per heavy atom. The van der Waals surface area contributed by atoms with E-state index in [2.05, 4.69) is 13.8 Å². The molecule has 0 aromatic heterocycles. The number of hydrogen-bond acceptors (Lipinski definition) is 4. The van der Waals surface area contributed by atoms with Crippen LogP contribution in [0, 0.1) is 0 Å². The zero-order chi connectivity index (χ0) is 16.1. The van der Waals surface area contributed by atoms with Crippen LogP contribution in [0.2, 0.25) is 12.1 Å². The van der Waals surface area contributed by atoms with E-state index >= 15 is 0 Å². The Morgan fingerprint density at radius 1 is 0.714 bits per heavy atom. The maximum Gasteiger partial charge on any atom is 0.311 e. The second-order valence-electron chi connectivity index (χ2n) is 5.69. The SMILES string of the molecule is CCCCCC[Si](CCCCCC)(C(=O)OC)C(=O)OC. The fourth-order valence-electron chi connectivity index (χ4n) is 2.71. The summed E-state index contributed by atoms with van der Waals surface area (Å²) in [4.78, 5) is 24.6. The Hall–Kier alpha value is -0.843. The van der Waals surface area contributed by atoms with Gasteiger partial charge in [0.1, 0.15) is 0 Å². The van der Waals surface area contributed by atoms with Crippen molar-refractivity contribution in [2.24, 2.45) is 0 Å². The fourth-order valence-corrected chi connectivity index (χ4v) is 6.44. The van der Waals surface area contributed by atoms with Gasteiger partial charge in [-0.25, -0.2) is 0 Å². The molecule has 0 unspecified atom stereocenters. The average molecular weight is 317 g/mol. The Bertz CT molecular complexity index is 275. The molecule has 0 rings (SSSR count). The Morgan fingerprint density at radius 3 is 1.38 bits per heavy atom. The summed E-state index contributed by atoms with van der Waals surface area (Å²) in [5.74, 6) is 0. The lowest BCUT2D eigenvalue weighted by Gasteiger charge is -2.25. The summed E-state index contributed by atoms with van der Waals surface area (Å²) in [7, 11) is -0.0644. The summed E-state index contributed by atoms with van der Waals surface area (Å²) >= 11 is 0. The summed E-state index contributed by atoms with van der Waals surface area (Å²) in [6, 6.07) is 1.33. The maximum absolute atomic E-state index is 12.3. The van der Waals surface area contributed by atoms with E-state index in [0.717, 1.165) is 51.4 Å². The van der Waals surface area contributed by atoms with Crippen molar-refractivity contribution in [2.45, 2.75) is 77.3 Å². The summed E-state index contributed by atoms with van der Waals surface area (Å²) in [6.07, 6.45) is 8.52. The van der Waals surface area contributed by atoms with Crippen molar-refractivity contribution in [3.63, 3.8) is 0 Å². The van der Waals surface area contributed by atoms with Crippen LogP contribution in [0.25, 0.3) is 0 Å². The van der Waals surface area contributed by atoms with Crippen LogP contribution in [0.5, 0.6) is 0 Å². The standard InChI is InChI=1S/C16H32O4Si/c1-5-7-9-11-13-21(15(17)19-3,16(18)20-4)14-12-10-8-6-2/h5-14H2,1-4H3. The highest BCUT2D eigenvalue weighted by Gasteiger charge is 2.51. The van der Waals surface area contributed by atoms with Crippen molar-refractivity contribution < 1.29 is 19.1 Å². The van der Waals surface area contributed by atoms with Gasteiger partial charge >= 0.3 is 8.07 Å². The maximum atomic E-state index is 12.3. The minimum Gasteiger partial charge on any atom is -0.473 e. The van der Waals surface area contributed by atoms with E-state index in [9.17, 15) is 9.59 Å². The van der Waals surface area contributed by atoms with Crippen molar-refractivity contribution in [1.29, 1.82) is 0 Å². The molecule has 5 heteroatoms. The molecule has 0 aliphatic rings. The minimum atomic E-state index is -2.82. The number of ether oxygens (including phenoxy) is 2. The smallest absolute Gasteiger partial charge is 0.311 e. The first kappa shape index (κ1) is 20.2. The second kappa shape index (κ2) is 11.8. The molecule has 0 aliphatic heterocycles. The lowest BCUT2D eigenvalue weighted by Crippen LogP contribution is -2.52. The predicted molar refractivity (Wildman–Crippen MR) is 88.5 cm³/mol. The van der Waals surface area contributed by atoms with Crippen LogP contribution < -0.4 is 0 Å². The van der Waals surface area contributed by atoms with Gasteiger partial charge in [-0.1, -0.05) is 65.2 Å². The molecule has 0 amide bonds. The van der Waals surface area contributed by atoms with E-state index in [4.69, 9.17) is 9.47 Å². The third kappa shape index (κ3) is 6.63. The first-order valence-electron chi connectivity index (χ1n) is 8.25. The van der Waals surface area contributed by atoms with Gasteiger partial charge in [0, 0.05) is 0 Å². The summed E-state index contributed by atoms with van der Waals surface area (Å²) in [5.41, 5.74) is -0.607. The highest BCUT2D eigenvalue weighted by molar-refractivity contribution is 7.23. The molecule has 0 spiro atoms. The highest BCUT2D eigenvalue weighted by atomic mass is 28.3. The highest BCUT2D eigenvalue weighted by Crippen LogP contribution is 2.27. The molecule has 0 fully saturated rings. The molecule has 0 atom stereocenters. The van der Waals surface area contributed by atoms with Crippen molar-refractivity contribution >= 4 is 19.3 Å². The van der Waals surface area contributed by atoms with E-state index < -0.39 is 8.07 Å². The van der Waals surface area contributed by atoms with E-state index in [1.165, 1.54) is 14.2 Å². The van der Waals surface area contributed by atoms with Crippen LogP contribution in [0.4, 0.5) is 9.59 Å². The van der Waals surface area contributed by atoms with Crippen molar-refractivity contribution in [2.75, 3.05) is 14.2 Å². The van der Waals surface area contributed by atoms with Crippen LogP contribution >= 0.6 is 0 Å². The van der Waals surface area contributed by atoms with Crippen LogP contribution in [-0.2, 0) is 9.47 Å². The third-order valence-electron chi connectivity index (χ3n) is 4.07. The van der Waals surface area contributed by atoms with E-state index in [1.807, 2.05) is 0 Å². The number of hydrogen-bond donors (Lipinski definition) is 0. The van der Waals surface area contributed by atoms with Gasteiger partial charge in [-0.3, -0.25) is 9.59 Å². The summed E-state index contributed by atoms with van der Waals surface area (Å²) in [6.45, 7) is 4.30. The van der Waals surface area contributed by atoms with Crippen LogP contribution in [-0.4, -0.2) is 33.5 Å². The zero-order valence-corrected chi connectivity index (χ0v) is 15.2. The van der Waals surface area contributed by atoms with Gasteiger partial charge in [-0.2, -0.15) is 0 Å². The Balaban J connectivity index is 4.86. The molecule has 0 saturated carbocycles. The Labute approximate surface area is 130 Å². The number of unbranched alkanes of at least 4 members (excludes halogenated alkanes) is 6. The quantitative estimate of drug-likeness (QED) is 0.362. The molecule has 0 radical (unpaired) electrons. The van der Waals surface area contributed by atoms with Gasteiger partial charge in [0.2, 0.25) is 0 Å². The van der Waals surface area contributed by atoms with Gasteiger partial charge < -0.3 is 9.47 Å². The minimum absolute atomic E-state index is 0.303. The first-order valence-corrected chi connectivity index (χ1v) is 10.7. The number of carbonyl (C=O) groups is 2. The molecule has 0 aromatic carbocycles. The largest absolute Gasteiger partial charge is 0.473 e. The first-order chi connectivity index (χ1) is 10.1. The molecular formula is C16H32O4Si. The molecule has 0 bridgehead atoms. The fraction of sp³-hybridized carbons (Fsp3) is 0.875. The van der Waals surface area contributed by atoms with E-state index in [1.54, 1.807) is 0 Å². The van der Waals surface area contributed by atoms with Crippen LogP contribution in [0.1, 0.15) is 65.2 Å². The summed E-state index contributed by atoms with van der Waals surface area (Å²) in [5, 5.41) is 0. The lowest BCUT2D eigenvalue weighted by atomic mass is 10.2. The van der Waals surface area contributed by atoms with Crippen LogP contribution in [0.3, 0.4) is 0 Å². The average Bonchev–Trinajstić information content (AvgIpc) is 2.52. The summed E-state index contributed by atoms with van der Waals surface area (Å²) < 4.78 is 9.95. The van der Waals surface area contributed by atoms with Crippen LogP contribution in [0.15, 0.2) is 0 Å². The molecule has 124 valence electrons. The predicted octanol–water partition coefficient (Wildman–Crippen LogP) is 5.29. The van der Waals surface area contributed by atoms with Gasteiger partial charge in [0.05, 0.1) is 14.2 Å². The molecule has 0 aliphatic carbocycles. The number of carbonyl (C=O) groups excluding carboxylic acids is 2. The number of rotatable bonds is 12.